The van der Waals surface area contributed by atoms with E-state index in [9.17, 15) is 27.6 Å². The van der Waals surface area contributed by atoms with Crippen molar-refractivity contribution in [1.29, 1.82) is 0 Å². The number of halogens is 3. The number of aromatic nitrogens is 1. The van der Waals surface area contributed by atoms with Crippen molar-refractivity contribution in [3.05, 3.63) is 77.9 Å². The van der Waals surface area contributed by atoms with Crippen LogP contribution in [0.5, 0.6) is 0 Å². The van der Waals surface area contributed by atoms with Gasteiger partial charge in [0.1, 0.15) is 11.4 Å². The summed E-state index contributed by atoms with van der Waals surface area (Å²) in [6, 6.07) is 10.5. The summed E-state index contributed by atoms with van der Waals surface area (Å²) in [6.45, 7) is 0.582. The Kier molecular flexibility index (Phi) is 7.23. The summed E-state index contributed by atoms with van der Waals surface area (Å²) in [5.41, 5.74) is -0.823. The molecule has 1 aliphatic heterocycles. The highest BCUT2D eigenvalue weighted by Gasteiger charge is 2.31. The summed E-state index contributed by atoms with van der Waals surface area (Å²) in [5, 5.41) is 2.69. The fourth-order valence-corrected chi connectivity index (χ4v) is 3.59. The van der Waals surface area contributed by atoms with E-state index in [-0.39, 0.29) is 41.8 Å². The monoisotopic (exact) mass is 502 g/mol. The van der Waals surface area contributed by atoms with Crippen molar-refractivity contribution in [2.45, 2.75) is 6.18 Å². The molecule has 0 bridgehead atoms. The van der Waals surface area contributed by atoms with Crippen LogP contribution in [0.15, 0.2) is 65.4 Å². The first-order valence-electron chi connectivity index (χ1n) is 10.9. The van der Waals surface area contributed by atoms with Crippen molar-refractivity contribution in [1.82, 2.24) is 14.8 Å². The van der Waals surface area contributed by atoms with Crippen molar-refractivity contribution in [2.75, 3.05) is 38.1 Å². The number of esters is 1. The molecule has 1 aliphatic rings. The molecule has 3 heterocycles. The van der Waals surface area contributed by atoms with Gasteiger partial charge < -0.3 is 24.3 Å². The summed E-state index contributed by atoms with van der Waals surface area (Å²) in [7, 11) is 0. The van der Waals surface area contributed by atoms with E-state index in [0.29, 0.717) is 13.1 Å². The van der Waals surface area contributed by atoms with Crippen LogP contribution in [0.2, 0.25) is 0 Å². The predicted octanol–water partition coefficient (Wildman–Crippen LogP) is 3.58. The molecule has 2 aromatic heterocycles. The zero-order chi connectivity index (χ0) is 25.7. The van der Waals surface area contributed by atoms with Gasteiger partial charge in [-0.25, -0.2) is 9.78 Å². The molecule has 4 rings (SSSR count). The normalized spacial score (nSPS) is 13.9. The Morgan fingerprint density at radius 3 is 2.44 bits per heavy atom. The summed E-state index contributed by atoms with van der Waals surface area (Å²) >= 11 is 0. The van der Waals surface area contributed by atoms with Gasteiger partial charge in [-0.15, -0.1) is 0 Å². The number of nitrogens with zero attached hydrogens (tertiary/aromatic N) is 3. The van der Waals surface area contributed by atoms with Crippen LogP contribution in [0.25, 0.3) is 0 Å². The molecular formula is C24H21F3N4O5. The van der Waals surface area contributed by atoms with E-state index in [1.807, 2.05) is 0 Å². The maximum absolute atomic E-state index is 13.0. The van der Waals surface area contributed by atoms with Crippen molar-refractivity contribution < 1.29 is 36.7 Å². The maximum atomic E-state index is 13.0. The van der Waals surface area contributed by atoms with Crippen LogP contribution in [0.1, 0.15) is 26.5 Å². The molecule has 3 aromatic rings. The molecule has 0 aliphatic carbocycles. The predicted molar refractivity (Wildman–Crippen MR) is 120 cm³/mol. The second-order valence-electron chi connectivity index (χ2n) is 7.83. The highest BCUT2D eigenvalue weighted by atomic mass is 19.4. The summed E-state index contributed by atoms with van der Waals surface area (Å²) in [4.78, 5) is 44.6. The molecule has 1 N–H and O–H groups in total. The molecule has 12 heteroatoms. The molecule has 9 nitrogen and oxygen atoms in total. The molecule has 1 fully saturated rings. The lowest BCUT2D eigenvalue weighted by molar-refractivity contribution is -0.137. The smallest absolute Gasteiger partial charge is 0.416 e. The Bertz CT molecular complexity index is 1240. The van der Waals surface area contributed by atoms with Crippen LogP contribution in [0.4, 0.5) is 24.7 Å². The first-order valence-corrected chi connectivity index (χ1v) is 10.9. The van der Waals surface area contributed by atoms with E-state index in [1.165, 1.54) is 41.6 Å². The molecule has 0 spiro atoms. The van der Waals surface area contributed by atoms with Crippen LogP contribution < -0.4 is 5.32 Å². The molecule has 1 aromatic carbocycles. The first-order chi connectivity index (χ1) is 17.2. The molecule has 2 amide bonds. The Morgan fingerprint density at radius 2 is 1.75 bits per heavy atom. The second kappa shape index (κ2) is 10.5. The standard InChI is InChI=1S/C24H21F3N4O5/c25-24(26,27)16-4-1-5-17(14-16)29-21-18(6-2-8-28-21)23(34)36-15-20(32)30-9-11-31(12-10-30)22(33)19-7-3-13-35-19/h1-8,13-14H,9-12,15H2,(H,28,29). The Labute approximate surface area is 203 Å². The lowest BCUT2D eigenvalue weighted by Crippen LogP contribution is -2.51. The fraction of sp³-hybridized carbons (Fsp3) is 0.250. The number of carbonyl (C=O) groups is 3. The van der Waals surface area contributed by atoms with E-state index in [4.69, 9.17) is 9.15 Å². The Morgan fingerprint density at radius 1 is 1.00 bits per heavy atom. The minimum absolute atomic E-state index is 0.0145. The molecule has 0 radical (unpaired) electrons. The minimum atomic E-state index is -4.53. The number of carbonyl (C=O) groups excluding carboxylic acids is 3. The lowest BCUT2D eigenvalue weighted by Gasteiger charge is -2.34. The van der Waals surface area contributed by atoms with Gasteiger partial charge in [0.05, 0.1) is 11.8 Å². The number of hydrogen-bond acceptors (Lipinski definition) is 7. The number of alkyl halides is 3. The van der Waals surface area contributed by atoms with Crippen molar-refractivity contribution in [3.63, 3.8) is 0 Å². The number of hydrogen-bond donors (Lipinski definition) is 1. The molecule has 0 unspecified atom stereocenters. The summed E-state index contributed by atoms with van der Waals surface area (Å²) < 4.78 is 49.2. The van der Waals surface area contributed by atoms with E-state index in [1.54, 1.807) is 17.0 Å². The van der Waals surface area contributed by atoms with E-state index in [0.717, 1.165) is 12.1 Å². The van der Waals surface area contributed by atoms with E-state index < -0.39 is 30.2 Å². The van der Waals surface area contributed by atoms with Gasteiger partial charge in [0.15, 0.2) is 12.4 Å². The third kappa shape index (κ3) is 5.82. The van der Waals surface area contributed by atoms with Crippen molar-refractivity contribution in [3.8, 4) is 0 Å². The Balaban J connectivity index is 1.33. The molecule has 188 valence electrons. The lowest BCUT2D eigenvalue weighted by atomic mass is 10.2. The van der Waals surface area contributed by atoms with Gasteiger partial charge >= 0.3 is 12.1 Å². The quantitative estimate of drug-likeness (QED) is 0.514. The SMILES string of the molecule is O=C(OCC(=O)N1CCN(C(=O)c2ccco2)CC1)c1cccnc1Nc1cccc(C(F)(F)F)c1. The largest absolute Gasteiger partial charge is 0.459 e. The van der Waals surface area contributed by atoms with Gasteiger partial charge in [-0.05, 0) is 42.5 Å². The third-order valence-corrected chi connectivity index (χ3v) is 5.46. The molecule has 0 atom stereocenters. The van der Waals surface area contributed by atoms with Gasteiger partial charge in [-0.2, -0.15) is 13.2 Å². The van der Waals surface area contributed by atoms with Gasteiger partial charge in [0.2, 0.25) is 0 Å². The Hall–Kier alpha value is -4.35. The van der Waals surface area contributed by atoms with Crippen molar-refractivity contribution in [2.24, 2.45) is 0 Å². The first kappa shape index (κ1) is 24.8. The number of ether oxygens (including phenoxy) is 1. The number of anilines is 2. The summed E-state index contributed by atoms with van der Waals surface area (Å²) in [6.07, 6.45) is -1.76. The zero-order valence-corrected chi connectivity index (χ0v) is 18.8. The number of rotatable bonds is 6. The average Bonchev–Trinajstić information content (AvgIpc) is 3.42. The highest BCUT2D eigenvalue weighted by Crippen LogP contribution is 2.31. The van der Waals surface area contributed by atoms with E-state index >= 15 is 0 Å². The second-order valence-corrected chi connectivity index (χ2v) is 7.83. The molecular weight excluding hydrogens is 481 g/mol. The number of benzene rings is 1. The number of pyridine rings is 1. The summed E-state index contributed by atoms with van der Waals surface area (Å²) in [5.74, 6) is -1.37. The molecule has 1 saturated heterocycles. The topological polar surface area (TPSA) is 105 Å². The van der Waals surface area contributed by atoms with E-state index in [2.05, 4.69) is 10.3 Å². The number of amides is 2. The number of piperazine rings is 1. The van der Waals surface area contributed by atoms with Crippen LogP contribution in [-0.2, 0) is 15.7 Å². The minimum Gasteiger partial charge on any atom is -0.459 e. The van der Waals surface area contributed by atoms with Crippen LogP contribution >= 0.6 is 0 Å². The van der Waals surface area contributed by atoms with Gasteiger partial charge in [0.25, 0.3) is 11.8 Å². The number of furan rings is 1. The molecule has 36 heavy (non-hydrogen) atoms. The highest BCUT2D eigenvalue weighted by molar-refractivity contribution is 5.96. The van der Waals surface area contributed by atoms with Gasteiger partial charge in [0, 0.05) is 38.1 Å². The maximum Gasteiger partial charge on any atom is 0.416 e. The zero-order valence-electron chi connectivity index (χ0n) is 18.8. The van der Waals surface area contributed by atoms with Crippen LogP contribution in [0, 0.1) is 0 Å². The third-order valence-electron chi connectivity index (χ3n) is 5.46. The average molecular weight is 502 g/mol. The van der Waals surface area contributed by atoms with Gasteiger partial charge in [-0.3, -0.25) is 9.59 Å². The fourth-order valence-electron chi connectivity index (χ4n) is 3.59. The molecule has 0 saturated carbocycles. The van der Waals surface area contributed by atoms with Gasteiger partial charge in [-0.1, -0.05) is 6.07 Å². The van der Waals surface area contributed by atoms with Crippen LogP contribution in [0.3, 0.4) is 0 Å². The van der Waals surface area contributed by atoms with Crippen molar-refractivity contribution >= 4 is 29.3 Å². The van der Waals surface area contributed by atoms with Crippen LogP contribution in [-0.4, -0.2) is 65.4 Å². The number of nitrogens with one attached hydrogen (secondary N) is 1.